The summed E-state index contributed by atoms with van der Waals surface area (Å²) in [6, 6.07) is 6.94. The molecule has 1 heterocycles. The molecular weight excluding hydrogens is 202 g/mol. The van der Waals surface area contributed by atoms with Gasteiger partial charge in [0.15, 0.2) is 6.10 Å². The summed E-state index contributed by atoms with van der Waals surface area (Å²) in [7, 11) is 0. The number of cyclic esters (lactones) is 1. The molecule has 1 aliphatic rings. The maximum Gasteiger partial charge on any atom is 0.339 e. The van der Waals surface area contributed by atoms with E-state index in [2.05, 4.69) is 0 Å². The summed E-state index contributed by atoms with van der Waals surface area (Å²) in [6.45, 7) is 0. The Balaban J connectivity index is 2.52. The predicted octanol–water partition coefficient (Wildman–Crippen LogP) is 1.95. The maximum absolute atomic E-state index is 11.4. The quantitative estimate of drug-likeness (QED) is 0.611. The molecule has 0 spiro atoms. The van der Waals surface area contributed by atoms with E-state index in [1.807, 2.05) is 6.07 Å². The van der Waals surface area contributed by atoms with Crippen molar-refractivity contribution in [2.45, 2.75) is 12.5 Å². The van der Waals surface area contributed by atoms with Gasteiger partial charge in [-0.15, -0.1) is 0 Å². The molecule has 70 valence electrons. The van der Waals surface area contributed by atoms with Crippen molar-refractivity contribution in [3.63, 3.8) is 0 Å². The average molecular weight is 208 g/mol. The molecule has 1 aromatic carbocycles. The average Bonchev–Trinajstić information content (AvgIpc) is 2.19. The van der Waals surface area contributed by atoms with Crippen LogP contribution >= 0.6 is 11.6 Å². The van der Waals surface area contributed by atoms with E-state index in [9.17, 15) is 4.79 Å². The van der Waals surface area contributed by atoms with Gasteiger partial charge in [-0.05, 0) is 17.7 Å². The van der Waals surface area contributed by atoms with Crippen LogP contribution in [0, 0.1) is 11.3 Å². The van der Waals surface area contributed by atoms with Crippen LogP contribution in [0.1, 0.15) is 15.9 Å². The van der Waals surface area contributed by atoms with Gasteiger partial charge in [0, 0.05) is 11.4 Å². The minimum absolute atomic E-state index is 0.372. The molecule has 0 amide bonds. The van der Waals surface area contributed by atoms with E-state index in [0.29, 0.717) is 22.6 Å². The second-order valence-electron chi connectivity index (χ2n) is 2.99. The van der Waals surface area contributed by atoms with Gasteiger partial charge >= 0.3 is 5.97 Å². The van der Waals surface area contributed by atoms with Crippen molar-refractivity contribution < 1.29 is 9.53 Å². The minimum Gasteiger partial charge on any atom is -0.443 e. The molecule has 1 atom stereocenters. The summed E-state index contributed by atoms with van der Waals surface area (Å²) < 4.78 is 4.86. The van der Waals surface area contributed by atoms with Crippen molar-refractivity contribution in [2.24, 2.45) is 0 Å². The van der Waals surface area contributed by atoms with E-state index in [4.69, 9.17) is 21.6 Å². The number of nitrogens with zero attached hydrogens (tertiary/aromatic N) is 1. The molecule has 14 heavy (non-hydrogen) atoms. The molecule has 0 bridgehead atoms. The highest BCUT2D eigenvalue weighted by atomic mass is 35.5. The number of fused-ring (bicyclic) bond motifs is 1. The standard InChI is InChI=1S/C10H6ClNO2/c11-9-3-1-2-7-8(9)4-6(5-12)14-10(7)13/h1-3,6H,4H2. The van der Waals surface area contributed by atoms with E-state index in [1.165, 1.54) is 0 Å². The lowest BCUT2D eigenvalue weighted by atomic mass is 9.99. The van der Waals surface area contributed by atoms with Gasteiger partial charge in [-0.25, -0.2) is 4.79 Å². The highest BCUT2D eigenvalue weighted by molar-refractivity contribution is 6.31. The topological polar surface area (TPSA) is 50.1 Å². The number of ether oxygens (including phenoxy) is 1. The minimum atomic E-state index is -0.713. The van der Waals surface area contributed by atoms with Crippen LogP contribution in [-0.2, 0) is 11.2 Å². The van der Waals surface area contributed by atoms with Gasteiger partial charge < -0.3 is 4.74 Å². The first-order valence-corrected chi connectivity index (χ1v) is 4.48. The van der Waals surface area contributed by atoms with Gasteiger partial charge in [-0.2, -0.15) is 5.26 Å². The molecule has 1 aromatic rings. The Morgan fingerprint density at radius 2 is 2.36 bits per heavy atom. The molecule has 2 rings (SSSR count). The van der Waals surface area contributed by atoms with E-state index in [1.54, 1.807) is 18.2 Å². The predicted molar refractivity (Wildman–Crippen MR) is 50.0 cm³/mol. The van der Waals surface area contributed by atoms with Gasteiger partial charge in [0.05, 0.1) is 5.56 Å². The summed E-state index contributed by atoms with van der Waals surface area (Å²) in [5.74, 6) is -0.472. The first-order chi connectivity index (χ1) is 6.72. The van der Waals surface area contributed by atoms with Crippen molar-refractivity contribution in [2.75, 3.05) is 0 Å². The molecule has 1 aliphatic heterocycles. The third-order valence-corrected chi connectivity index (χ3v) is 2.48. The van der Waals surface area contributed by atoms with Gasteiger partial charge in [0.1, 0.15) is 6.07 Å². The zero-order chi connectivity index (χ0) is 10.1. The van der Waals surface area contributed by atoms with Crippen LogP contribution in [0.3, 0.4) is 0 Å². The van der Waals surface area contributed by atoms with Crippen LogP contribution in [0.5, 0.6) is 0 Å². The van der Waals surface area contributed by atoms with Crippen molar-refractivity contribution in [1.82, 2.24) is 0 Å². The molecule has 0 aromatic heterocycles. The number of hydrogen-bond donors (Lipinski definition) is 0. The normalized spacial score (nSPS) is 19.4. The Morgan fingerprint density at radius 1 is 1.57 bits per heavy atom. The lowest BCUT2D eigenvalue weighted by Gasteiger charge is -2.20. The summed E-state index contributed by atoms with van der Waals surface area (Å²) in [4.78, 5) is 11.4. The number of hydrogen-bond acceptors (Lipinski definition) is 3. The second-order valence-corrected chi connectivity index (χ2v) is 3.40. The molecule has 0 saturated heterocycles. The summed E-state index contributed by atoms with van der Waals surface area (Å²) in [5.41, 5.74) is 1.17. The molecule has 0 N–H and O–H groups in total. The number of benzene rings is 1. The lowest BCUT2D eigenvalue weighted by Crippen LogP contribution is -2.26. The number of carbonyl (C=O) groups is 1. The van der Waals surface area contributed by atoms with Crippen LogP contribution in [0.25, 0.3) is 0 Å². The Bertz CT molecular complexity index is 436. The first kappa shape index (κ1) is 9.04. The summed E-state index contributed by atoms with van der Waals surface area (Å²) >= 11 is 5.91. The Kier molecular flexibility index (Phi) is 2.14. The SMILES string of the molecule is N#CC1Cc2c(Cl)cccc2C(=O)O1. The maximum atomic E-state index is 11.4. The zero-order valence-electron chi connectivity index (χ0n) is 7.16. The highest BCUT2D eigenvalue weighted by Gasteiger charge is 2.27. The molecule has 4 heteroatoms. The van der Waals surface area contributed by atoms with Gasteiger partial charge in [-0.1, -0.05) is 17.7 Å². The molecule has 1 unspecified atom stereocenters. The molecule has 0 fully saturated rings. The van der Waals surface area contributed by atoms with Crippen molar-refractivity contribution in [3.8, 4) is 6.07 Å². The van der Waals surface area contributed by atoms with Crippen LogP contribution < -0.4 is 0 Å². The first-order valence-electron chi connectivity index (χ1n) is 4.10. The smallest absolute Gasteiger partial charge is 0.339 e. The van der Waals surface area contributed by atoms with Gasteiger partial charge in [0.2, 0.25) is 0 Å². The molecule has 3 nitrogen and oxygen atoms in total. The molecular formula is C10H6ClNO2. The molecule has 0 saturated carbocycles. The Hall–Kier alpha value is -1.53. The summed E-state index contributed by atoms with van der Waals surface area (Å²) in [6.07, 6.45) is -0.341. The fraction of sp³-hybridized carbons (Fsp3) is 0.200. The van der Waals surface area contributed by atoms with E-state index >= 15 is 0 Å². The largest absolute Gasteiger partial charge is 0.443 e. The number of rotatable bonds is 0. The third kappa shape index (κ3) is 1.34. The van der Waals surface area contributed by atoms with Crippen LogP contribution in [0.2, 0.25) is 5.02 Å². The fourth-order valence-corrected chi connectivity index (χ4v) is 1.70. The molecule has 0 aliphatic carbocycles. The number of halogens is 1. The summed E-state index contributed by atoms with van der Waals surface area (Å²) in [5, 5.41) is 9.17. The Morgan fingerprint density at radius 3 is 3.07 bits per heavy atom. The van der Waals surface area contributed by atoms with Crippen molar-refractivity contribution >= 4 is 17.6 Å². The van der Waals surface area contributed by atoms with Gasteiger partial charge in [0.25, 0.3) is 0 Å². The highest BCUT2D eigenvalue weighted by Crippen LogP contribution is 2.26. The monoisotopic (exact) mass is 207 g/mol. The van der Waals surface area contributed by atoms with Crippen LogP contribution in [0.4, 0.5) is 0 Å². The van der Waals surface area contributed by atoms with Crippen LogP contribution in [0.15, 0.2) is 18.2 Å². The van der Waals surface area contributed by atoms with E-state index < -0.39 is 12.1 Å². The third-order valence-electron chi connectivity index (χ3n) is 2.12. The number of esters is 1. The fourth-order valence-electron chi connectivity index (χ4n) is 1.45. The second kappa shape index (κ2) is 3.32. The van der Waals surface area contributed by atoms with Gasteiger partial charge in [-0.3, -0.25) is 0 Å². The van der Waals surface area contributed by atoms with E-state index in [-0.39, 0.29) is 0 Å². The lowest BCUT2D eigenvalue weighted by molar-refractivity contribution is 0.0371. The number of carbonyl (C=O) groups excluding carboxylic acids is 1. The molecule has 0 radical (unpaired) electrons. The number of nitriles is 1. The van der Waals surface area contributed by atoms with Crippen molar-refractivity contribution in [3.05, 3.63) is 34.3 Å². The Labute approximate surface area is 85.9 Å². The van der Waals surface area contributed by atoms with E-state index in [0.717, 1.165) is 0 Å². The van der Waals surface area contributed by atoms with Crippen LogP contribution in [-0.4, -0.2) is 12.1 Å². The van der Waals surface area contributed by atoms with Crippen molar-refractivity contribution in [1.29, 1.82) is 5.26 Å². The zero-order valence-corrected chi connectivity index (χ0v) is 7.91.